The summed E-state index contributed by atoms with van der Waals surface area (Å²) in [6.45, 7) is 4.79. The lowest BCUT2D eigenvalue weighted by Crippen LogP contribution is -2.26. The SMILES string of the molecule is CC(CCN)CCC(=O)NC(C)c1ccc(Cl)s1. The van der Waals surface area contributed by atoms with Gasteiger partial charge in [-0.25, -0.2) is 0 Å². The third kappa shape index (κ3) is 5.38. The molecule has 0 bridgehead atoms. The van der Waals surface area contributed by atoms with E-state index in [0.29, 0.717) is 18.9 Å². The molecule has 0 aliphatic rings. The van der Waals surface area contributed by atoms with Crippen LogP contribution in [-0.4, -0.2) is 12.5 Å². The van der Waals surface area contributed by atoms with Gasteiger partial charge in [0.05, 0.1) is 10.4 Å². The molecule has 2 atom stereocenters. The Balaban J connectivity index is 2.31. The molecule has 3 N–H and O–H groups in total. The lowest BCUT2D eigenvalue weighted by atomic mass is 10.0. The Morgan fingerprint density at radius 1 is 1.44 bits per heavy atom. The summed E-state index contributed by atoms with van der Waals surface area (Å²) in [6.07, 6.45) is 2.43. The number of thiophene rings is 1. The van der Waals surface area contributed by atoms with Crippen molar-refractivity contribution in [3.63, 3.8) is 0 Å². The Labute approximate surface area is 118 Å². The number of hydrogen-bond donors (Lipinski definition) is 2. The molecule has 1 aromatic heterocycles. The molecule has 1 aromatic rings. The van der Waals surface area contributed by atoms with Crippen LogP contribution in [0.4, 0.5) is 0 Å². The van der Waals surface area contributed by atoms with Crippen molar-refractivity contribution in [2.45, 2.75) is 39.2 Å². The molecule has 1 heterocycles. The molecule has 102 valence electrons. The summed E-state index contributed by atoms with van der Waals surface area (Å²) in [6, 6.07) is 3.84. The summed E-state index contributed by atoms with van der Waals surface area (Å²) in [5.41, 5.74) is 5.48. The first-order valence-electron chi connectivity index (χ1n) is 6.27. The van der Waals surface area contributed by atoms with Gasteiger partial charge in [-0.15, -0.1) is 11.3 Å². The van der Waals surface area contributed by atoms with E-state index in [-0.39, 0.29) is 11.9 Å². The number of amides is 1. The second-order valence-corrected chi connectivity index (χ2v) is 6.40. The van der Waals surface area contributed by atoms with Crippen LogP contribution < -0.4 is 11.1 Å². The van der Waals surface area contributed by atoms with Gasteiger partial charge in [-0.1, -0.05) is 18.5 Å². The lowest BCUT2D eigenvalue weighted by molar-refractivity contribution is -0.122. The minimum atomic E-state index is 0.0276. The van der Waals surface area contributed by atoms with Crippen molar-refractivity contribution < 1.29 is 4.79 Å². The van der Waals surface area contributed by atoms with Gasteiger partial charge >= 0.3 is 0 Å². The molecule has 0 saturated heterocycles. The number of rotatable bonds is 7. The van der Waals surface area contributed by atoms with Crippen LogP contribution in [0.15, 0.2) is 12.1 Å². The third-order valence-electron chi connectivity index (χ3n) is 2.92. The molecular weight excluding hydrogens is 268 g/mol. The standard InChI is InChI=1S/C13H21ClN2OS/c1-9(7-8-15)3-6-13(17)16-10(2)11-4-5-12(14)18-11/h4-5,9-10H,3,6-8,15H2,1-2H3,(H,16,17). The van der Waals surface area contributed by atoms with Crippen LogP contribution in [0.1, 0.15) is 44.0 Å². The zero-order valence-corrected chi connectivity index (χ0v) is 12.5. The fourth-order valence-electron chi connectivity index (χ4n) is 1.75. The largest absolute Gasteiger partial charge is 0.349 e. The summed E-state index contributed by atoms with van der Waals surface area (Å²) in [5, 5.41) is 2.99. The van der Waals surface area contributed by atoms with Crippen molar-refractivity contribution in [2.24, 2.45) is 11.7 Å². The van der Waals surface area contributed by atoms with Crippen LogP contribution in [0.3, 0.4) is 0 Å². The zero-order chi connectivity index (χ0) is 13.5. The quantitative estimate of drug-likeness (QED) is 0.808. The normalized spacial score (nSPS) is 14.2. The highest BCUT2D eigenvalue weighted by molar-refractivity contribution is 7.16. The molecule has 2 unspecified atom stereocenters. The van der Waals surface area contributed by atoms with Crippen LogP contribution >= 0.6 is 22.9 Å². The smallest absolute Gasteiger partial charge is 0.220 e. The van der Waals surface area contributed by atoms with E-state index in [1.54, 1.807) is 0 Å². The average Bonchev–Trinajstić information content (AvgIpc) is 2.74. The van der Waals surface area contributed by atoms with Crippen LogP contribution in [-0.2, 0) is 4.79 Å². The van der Waals surface area contributed by atoms with Gasteiger partial charge in [0.25, 0.3) is 0 Å². The second kappa shape index (κ2) is 7.77. The monoisotopic (exact) mass is 288 g/mol. The Kier molecular flexibility index (Phi) is 6.68. The van der Waals surface area contributed by atoms with Crippen molar-refractivity contribution >= 4 is 28.8 Å². The predicted molar refractivity (Wildman–Crippen MR) is 78.0 cm³/mol. The minimum absolute atomic E-state index is 0.0276. The summed E-state index contributed by atoms with van der Waals surface area (Å²) in [7, 11) is 0. The Hall–Kier alpha value is -0.580. The minimum Gasteiger partial charge on any atom is -0.349 e. The van der Waals surface area contributed by atoms with E-state index in [1.165, 1.54) is 11.3 Å². The third-order valence-corrected chi connectivity index (χ3v) is 4.34. The average molecular weight is 289 g/mol. The van der Waals surface area contributed by atoms with Crippen LogP contribution in [0, 0.1) is 5.92 Å². The highest BCUT2D eigenvalue weighted by atomic mass is 35.5. The van der Waals surface area contributed by atoms with E-state index < -0.39 is 0 Å². The highest BCUT2D eigenvalue weighted by Crippen LogP contribution is 2.26. The summed E-state index contributed by atoms with van der Waals surface area (Å²) >= 11 is 7.38. The van der Waals surface area contributed by atoms with E-state index in [9.17, 15) is 4.79 Å². The Morgan fingerprint density at radius 3 is 2.72 bits per heavy atom. The van der Waals surface area contributed by atoms with Gasteiger partial charge in [0, 0.05) is 11.3 Å². The Bertz CT molecular complexity index is 381. The van der Waals surface area contributed by atoms with Gasteiger partial charge in [-0.05, 0) is 44.4 Å². The molecule has 0 fully saturated rings. The lowest BCUT2D eigenvalue weighted by Gasteiger charge is -2.14. The van der Waals surface area contributed by atoms with Gasteiger partial charge in [0.15, 0.2) is 0 Å². The fraction of sp³-hybridized carbons (Fsp3) is 0.615. The van der Waals surface area contributed by atoms with E-state index >= 15 is 0 Å². The molecule has 0 saturated carbocycles. The fourth-order valence-corrected chi connectivity index (χ4v) is 2.82. The molecule has 0 radical (unpaired) electrons. The van der Waals surface area contributed by atoms with Gasteiger partial charge in [0.2, 0.25) is 5.91 Å². The summed E-state index contributed by atoms with van der Waals surface area (Å²) in [4.78, 5) is 12.9. The topological polar surface area (TPSA) is 55.1 Å². The van der Waals surface area contributed by atoms with Crippen LogP contribution in [0.5, 0.6) is 0 Å². The van der Waals surface area contributed by atoms with Crippen molar-refractivity contribution in [3.8, 4) is 0 Å². The molecule has 0 aromatic carbocycles. The van der Waals surface area contributed by atoms with Crippen molar-refractivity contribution in [1.29, 1.82) is 0 Å². The van der Waals surface area contributed by atoms with E-state index in [0.717, 1.165) is 22.1 Å². The van der Waals surface area contributed by atoms with Crippen LogP contribution in [0.2, 0.25) is 4.34 Å². The van der Waals surface area contributed by atoms with Gasteiger partial charge in [-0.3, -0.25) is 4.79 Å². The first-order chi connectivity index (χ1) is 8.52. The zero-order valence-electron chi connectivity index (χ0n) is 10.9. The summed E-state index contributed by atoms with van der Waals surface area (Å²) in [5.74, 6) is 0.600. The number of carbonyl (C=O) groups is 1. The molecular formula is C13H21ClN2OS. The van der Waals surface area contributed by atoms with Crippen molar-refractivity contribution in [1.82, 2.24) is 5.32 Å². The number of hydrogen-bond acceptors (Lipinski definition) is 3. The molecule has 3 nitrogen and oxygen atoms in total. The maximum Gasteiger partial charge on any atom is 0.220 e. The molecule has 0 spiro atoms. The summed E-state index contributed by atoms with van der Waals surface area (Å²) < 4.78 is 0.752. The number of carbonyl (C=O) groups excluding carboxylic acids is 1. The highest BCUT2D eigenvalue weighted by Gasteiger charge is 2.12. The second-order valence-electron chi connectivity index (χ2n) is 4.65. The van der Waals surface area contributed by atoms with Crippen molar-refractivity contribution in [3.05, 3.63) is 21.3 Å². The van der Waals surface area contributed by atoms with Gasteiger partial charge in [0.1, 0.15) is 0 Å². The maximum absolute atomic E-state index is 11.8. The Morgan fingerprint density at radius 2 is 2.17 bits per heavy atom. The van der Waals surface area contributed by atoms with Crippen molar-refractivity contribution in [2.75, 3.05) is 6.54 Å². The molecule has 0 aliphatic carbocycles. The number of nitrogens with one attached hydrogen (secondary N) is 1. The van der Waals surface area contributed by atoms with Gasteiger partial charge in [-0.2, -0.15) is 0 Å². The van der Waals surface area contributed by atoms with Crippen LogP contribution in [0.25, 0.3) is 0 Å². The first-order valence-corrected chi connectivity index (χ1v) is 7.47. The van der Waals surface area contributed by atoms with Gasteiger partial charge < -0.3 is 11.1 Å². The maximum atomic E-state index is 11.8. The molecule has 1 rings (SSSR count). The molecule has 5 heteroatoms. The number of nitrogens with two attached hydrogens (primary N) is 1. The molecule has 18 heavy (non-hydrogen) atoms. The first kappa shape index (κ1) is 15.5. The van der Waals surface area contributed by atoms with E-state index in [2.05, 4.69) is 12.2 Å². The van der Waals surface area contributed by atoms with E-state index in [1.807, 2.05) is 19.1 Å². The predicted octanol–water partition coefficient (Wildman–Crippen LogP) is 3.34. The molecule has 1 amide bonds. The number of halogens is 1. The molecule has 0 aliphatic heterocycles. The van der Waals surface area contributed by atoms with E-state index in [4.69, 9.17) is 17.3 Å².